The maximum atomic E-state index is 12.2. The molecule has 5 nitrogen and oxygen atoms in total. The first-order valence-corrected chi connectivity index (χ1v) is 6.87. The van der Waals surface area contributed by atoms with Gasteiger partial charge in [0.15, 0.2) is 0 Å². The number of fused-ring (bicyclic) bond motifs is 1. The molecule has 6 heteroatoms. The van der Waals surface area contributed by atoms with Crippen molar-refractivity contribution in [1.29, 1.82) is 0 Å². The van der Waals surface area contributed by atoms with Crippen LogP contribution in [0, 0.1) is 5.92 Å². The number of carbonyl (C=O) groups excluding carboxylic acids is 1. The molecule has 2 N–H and O–H groups in total. The van der Waals surface area contributed by atoms with Gasteiger partial charge in [0.2, 0.25) is 5.91 Å². The summed E-state index contributed by atoms with van der Waals surface area (Å²) in [6.45, 7) is 3.20. The van der Waals surface area contributed by atoms with Crippen LogP contribution in [0.2, 0.25) is 0 Å². The van der Waals surface area contributed by atoms with Crippen LogP contribution in [0.4, 0.5) is 0 Å². The zero-order valence-corrected chi connectivity index (χ0v) is 12.7. The Balaban J connectivity index is 0.00000180. The number of nitrogens with zero attached hydrogens (tertiary/aromatic N) is 2. The Bertz CT molecular complexity index is 304. The summed E-state index contributed by atoms with van der Waals surface area (Å²) >= 11 is 0. The van der Waals surface area contributed by atoms with Gasteiger partial charge in [-0.2, -0.15) is 0 Å². The average Bonchev–Trinajstić information content (AvgIpc) is 2.38. The fourth-order valence-electron chi connectivity index (χ4n) is 3.34. The Morgan fingerprint density at radius 2 is 2.16 bits per heavy atom. The fraction of sp³-hybridized carbons (Fsp3) is 0.923. The molecule has 2 saturated heterocycles. The normalized spacial score (nSPS) is 29.3. The van der Waals surface area contributed by atoms with Crippen molar-refractivity contribution >= 4 is 18.3 Å². The molecule has 0 aliphatic carbocycles. The van der Waals surface area contributed by atoms with Crippen molar-refractivity contribution in [1.82, 2.24) is 9.80 Å². The number of likely N-dealkylation sites (tertiary alicyclic amines) is 2. The number of methoxy groups -OCH3 is 1. The molecule has 0 radical (unpaired) electrons. The molecule has 2 rings (SSSR count). The van der Waals surface area contributed by atoms with Crippen LogP contribution in [0.1, 0.15) is 19.3 Å². The lowest BCUT2D eigenvalue weighted by molar-refractivity contribution is -0.137. The first kappa shape index (κ1) is 16.7. The number of ether oxygens (including phenoxy) is 1. The number of halogens is 1. The van der Waals surface area contributed by atoms with Gasteiger partial charge >= 0.3 is 0 Å². The number of nitrogens with two attached hydrogens (primary N) is 1. The lowest BCUT2D eigenvalue weighted by Gasteiger charge is -2.46. The number of piperidine rings is 2. The fourth-order valence-corrected chi connectivity index (χ4v) is 3.34. The van der Waals surface area contributed by atoms with Crippen LogP contribution in [0.25, 0.3) is 0 Å². The smallest absolute Gasteiger partial charge is 0.241 e. The molecule has 112 valence electrons. The van der Waals surface area contributed by atoms with E-state index >= 15 is 0 Å². The van der Waals surface area contributed by atoms with E-state index in [0.717, 1.165) is 19.5 Å². The van der Waals surface area contributed by atoms with Crippen LogP contribution in [-0.4, -0.2) is 68.2 Å². The minimum absolute atomic E-state index is 0. The predicted octanol–water partition coefficient (Wildman–Crippen LogP) is 0.325. The summed E-state index contributed by atoms with van der Waals surface area (Å²) < 4.78 is 4.96. The van der Waals surface area contributed by atoms with Gasteiger partial charge < -0.3 is 20.3 Å². The molecule has 2 fully saturated rings. The van der Waals surface area contributed by atoms with Crippen molar-refractivity contribution in [2.75, 3.05) is 40.4 Å². The summed E-state index contributed by atoms with van der Waals surface area (Å²) in [5.41, 5.74) is 5.83. The molecule has 2 aliphatic heterocycles. The van der Waals surface area contributed by atoms with Gasteiger partial charge in [-0.05, 0) is 38.8 Å². The second-order valence-electron chi connectivity index (χ2n) is 5.59. The number of hydrogen-bond acceptors (Lipinski definition) is 4. The SMILES string of the molecule is COCC(N)C(=O)N1CCC2C(CCCN2C)C1.Cl. The third kappa shape index (κ3) is 3.81. The van der Waals surface area contributed by atoms with Gasteiger partial charge in [-0.1, -0.05) is 0 Å². The number of carbonyl (C=O) groups is 1. The average molecular weight is 292 g/mol. The molecule has 0 aromatic carbocycles. The van der Waals surface area contributed by atoms with Gasteiger partial charge in [-0.15, -0.1) is 12.4 Å². The Morgan fingerprint density at radius 3 is 2.84 bits per heavy atom. The molecule has 3 unspecified atom stereocenters. The molecule has 19 heavy (non-hydrogen) atoms. The summed E-state index contributed by atoms with van der Waals surface area (Å²) in [4.78, 5) is 16.5. The van der Waals surface area contributed by atoms with E-state index in [1.54, 1.807) is 7.11 Å². The minimum atomic E-state index is -0.507. The summed E-state index contributed by atoms with van der Waals surface area (Å²) in [6.07, 6.45) is 3.55. The lowest BCUT2D eigenvalue weighted by Crippen LogP contribution is -2.56. The van der Waals surface area contributed by atoms with Crippen molar-refractivity contribution in [2.24, 2.45) is 11.7 Å². The van der Waals surface area contributed by atoms with E-state index in [4.69, 9.17) is 10.5 Å². The summed E-state index contributed by atoms with van der Waals surface area (Å²) in [7, 11) is 3.78. The Morgan fingerprint density at radius 1 is 1.42 bits per heavy atom. The van der Waals surface area contributed by atoms with E-state index in [2.05, 4.69) is 11.9 Å². The van der Waals surface area contributed by atoms with Gasteiger partial charge in [-0.3, -0.25) is 4.79 Å². The van der Waals surface area contributed by atoms with E-state index in [9.17, 15) is 4.79 Å². The van der Waals surface area contributed by atoms with Crippen molar-refractivity contribution in [3.63, 3.8) is 0 Å². The molecule has 0 spiro atoms. The van der Waals surface area contributed by atoms with Gasteiger partial charge in [0, 0.05) is 26.2 Å². The molecule has 0 aromatic rings. The van der Waals surface area contributed by atoms with Gasteiger partial charge in [0.05, 0.1) is 6.61 Å². The van der Waals surface area contributed by atoms with E-state index in [1.165, 1.54) is 19.4 Å². The monoisotopic (exact) mass is 291 g/mol. The van der Waals surface area contributed by atoms with Crippen LogP contribution >= 0.6 is 12.4 Å². The summed E-state index contributed by atoms with van der Waals surface area (Å²) in [6, 6.07) is 0.148. The van der Waals surface area contributed by atoms with Crippen molar-refractivity contribution < 1.29 is 9.53 Å². The lowest BCUT2D eigenvalue weighted by atomic mass is 9.84. The summed E-state index contributed by atoms with van der Waals surface area (Å²) in [5, 5.41) is 0. The molecular weight excluding hydrogens is 266 g/mol. The van der Waals surface area contributed by atoms with Crippen LogP contribution in [0.15, 0.2) is 0 Å². The largest absolute Gasteiger partial charge is 0.383 e. The van der Waals surface area contributed by atoms with E-state index in [-0.39, 0.29) is 18.3 Å². The Hall–Kier alpha value is -0.360. The highest BCUT2D eigenvalue weighted by molar-refractivity contribution is 5.85. The van der Waals surface area contributed by atoms with Crippen molar-refractivity contribution in [3.05, 3.63) is 0 Å². The van der Waals surface area contributed by atoms with Gasteiger partial charge in [-0.25, -0.2) is 0 Å². The number of rotatable bonds is 3. The van der Waals surface area contributed by atoms with E-state index in [0.29, 0.717) is 18.6 Å². The first-order chi connectivity index (χ1) is 8.63. The topological polar surface area (TPSA) is 58.8 Å². The molecule has 0 saturated carbocycles. The highest BCUT2D eigenvalue weighted by atomic mass is 35.5. The maximum absolute atomic E-state index is 12.2. The van der Waals surface area contributed by atoms with Gasteiger partial charge in [0.25, 0.3) is 0 Å². The van der Waals surface area contributed by atoms with Crippen LogP contribution in [0.3, 0.4) is 0 Å². The molecule has 0 bridgehead atoms. The highest BCUT2D eigenvalue weighted by Gasteiger charge is 2.36. The molecular formula is C13H26ClN3O2. The molecule has 2 heterocycles. The van der Waals surface area contributed by atoms with Gasteiger partial charge in [0.1, 0.15) is 6.04 Å². The predicted molar refractivity (Wildman–Crippen MR) is 77.4 cm³/mol. The highest BCUT2D eigenvalue weighted by Crippen LogP contribution is 2.29. The third-order valence-corrected chi connectivity index (χ3v) is 4.32. The van der Waals surface area contributed by atoms with Crippen LogP contribution in [0.5, 0.6) is 0 Å². The van der Waals surface area contributed by atoms with Crippen molar-refractivity contribution in [2.45, 2.75) is 31.3 Å². The van der Waals surface area contributed by atoms with Crippen molar-refractivity contribution in [3.8, 4) is 0 Å². The quantitative estimate of drug-likeness (QED) is 0.814. The standard InChI is InChI=1S/C13H25N3O2.ClH/c1-15-6-3-4-10-8-16(7-5-12(10)15)13(17)11(14)9-18-2;/h10-12H,3-9,14H2,1-2H3;1H. The second kappa shape index (κ2) is 7.43. The third-order valence-electron chi connectivity index (χ3n) is 4.32. The zero-order valence-electron chi connectivity index (χ0n) is 11.9. The molecule has 2 aliphatic rings. The zero-order chi connectivity index (χ0) is 13.1. The number of hydrogen-bond donors (Lipinski definition) is 1. The Labute approximate surface area is 121 Å². The van der Waals surface area contributed by atoms with E-state index < -0.39 is 6.04 Å². The molecule has 3 atom stereocenters. The maximum Gasteiger partial charge on any atom is 0.241 e. The summed E-state index contributed by atoms with van der Waals surface area (Å²) in [5.74, 6) is 0.666. The second-order valence-corrected chi connectivity index (χ2v) is 5.59. The van der Waals surface area contributed by atoms with Crippen LogP contribution < -0.4 is 5.73 Å². The Kier molecular flexibility index (Phi) is 6.53. The molecule has 1 amide bonds. The minimum Gasteiger partial charge on any atom is -0.383 e. The first-order valence-electron chi connectivity index (χ1n) is 6.87. The molecule has 0 aromatic heterocycles. The number of amides is 1. The van der Waals surface area contributed by atoms with Crippen LogP contribution in [-0.2, 0) is 9.53 Å². The van der Waals surface area contributed by atoms with E-state index in [1.807, 2.05) is 4.90 Å².